The number of hydrogen-bond acceptors (Lipinski definition) is 3. The first kappa shape index (κ1) is 20.7. The number of benzene rings is 1. The van der Waals surface area contributed by atoms with E-state index in [1.54, 1.807) is 19.2 Å². The van der Waals surface area contributed by atoms with Crippen LogP contribution in [0.1, 0.15) is 5.56 Å². The fraction of sp³-hybridized carbons (Fsp3) is 0.588. The summed E-state index contributed by atoms with van der Waals surface area (Å²) in [6.45, 7) is 6.97. The van der Waals surface area contributed by atoms with Crippen LogP contribution < -0.4 is 5.32 Å². The lowest BCUT2D eigenvalue weighted by Crippen LogP contribution is -2.63. The van der Waals surface area contributed by atoms with Gasteiger partial charge in [-0.2, -0.15) is 0 Å². The summed E-state index contributed by atoms with van der Waals surface area (Å²) in [6, 6.07) is 5.28. The van der Waals surface area contributed by atoms with Gasteiger partial charge in [0.15, 0.2) is 5.96 Å². The average molecular weight is 482 g/mol. The van der Waals surface area contributed by atoms with Gasteiger partial charge in [-0.25, -0.2) is 4.39 Å². The molecule has 0 amide bonds. The molecule has 8 heteroatoms. The maximum atomic E-state index is 14.0. The molecule has 0 saturated carbocycles. The zero-order chi connectivity index (χ0) is 17.1. The van der Waals surface area contributed by atoms with E-state index in [0.29, 0.717) is 23.2 Å². The average Bonchev–Trinajstić information content (AvgIpc) is 2.60. The van der Waals surface area contributed by atoms with Crippen LogP contribution in [0.25, 0.3) is 0 Å². The first-order valence-corrected chi connectivity index (χ1v) is 8.77. The quantitative estimate of drug-likeness (QED) is 0.406. The fourth-order valence-corrected chi connectivity index (χ4v) is 3.73. The van der Waals surface area contributed by atoms with Crippen LogP contribution in [-0.4, -0.2) is 80.1 Å². The van der Waals surface area contributed by atoms with Crippen LogP contribution in [0.5, 0.6) is 0 Å². The molecule has 0 radical (unpaired) electrons. The first-order chi connectivity index (χ1) is 11.6. The molecule has 140 valence electrons. The van der Waals surface area contributed by atoms with Crippen LogP contribution in [-0.2, 0) is 6.54 Å². The van der Waals surface area contributed by atoms with Gasteiger partial charge in [0, 0.05) is 76.5 Å². The second-order valence-corrected chi connectivity index (χ2v) is 6.88. The smallest absolute Gasteiger partial charge is 0.193 e. The molecular weight excluding hydrogens is 456 g/mol. The Hall–Kier alpha value is -0.640. The van der Waals surface area contributed by atoms with E-state index in [0.717, 1.165) is 32.1 Å². The molecule has 3 fully saturated rings. The van der Waals surface area contributed by atoms with Gasteiger partial charge in [0.1, 0.15) is 5.82 Å². The van der Waals surface area contributed by atoms with Gasteiger partial charge in [0.2, 0.25) is 0 Å². The molecule has 2 bridgehead atoms. The molecule has 0 aliphatic carbocycles. The second kappa shape index (κ2) is 9.34. The highest BCUT2D eigenvalue weighted by Gasteiger charge is 2.31. The Morgan fingerprint density at radius 2 is 2.08 bits per heavy atom. The SMILES string of the molecule is CN=C(NCC1CN2CCN1CC2)N(C)Cc1c(F)cccc1Cl.I. The van der Waals surface area contributed by atoms with E-state index in [-0.39, 0.29) is 29.8 Å². The molecule has 0 spiro atoms. The van der Waals surface area contributed by atoms with Crippen LogP contribution in [0.15, 0.2) is 23.2 Å². The Morgan fingerprint density at radius 1 is 1.36 bits per heavy atom. The number of piperazine rings is 3. The Morgan fingerprint density at radius 3 is 2.64 bits per heavy atom. The summed E-state index contributed by atoms with van der Waals surface area (Å²) in [5.74, 6) is 0.472. The minimum absolute atomic E-state index is 0. The first-order valence-electron chi connectivity index (χ1n) is 8.39. The number of nitrogens with zero attached hydrogens (tertiary/aromatic N) is 4. The van der Waals surface area contributed by atoms with Gasteiger partial charge >= 0.3 is 0 Å². The zero-order valence-corrected chi connectivity index (χ0v) is 17.8. The van der Waals surface area contributed by atoms with Crippen LogP contribution in [0.2, 0.25) is 5.02 Å². The lowest BCUT2D eigenvalue weighted by atomic mass is 10.1. The molecule has 4 rings (SSSR count). The van der Waals surface area contributed by atoms with E-state index in [9.17, 15) is 4.39 Å². The third kappa shape index (κ3) is 4.96. The Labute approximate surface area is 171 Å². The minimum atomic E-state index is -0.284. The van der Waals surface area contributed by atoms with Crippen molar-refractivity contribution in [3.63, 3.8) is 0 Å². The third-order valence-electron chi connectivity index (χ3n) is 4.92. The van der Waals surface area contributed by atoms with Crippen LogP contribution in [0, 0.1) is 5.82 Å². The van der Waals surface area contributed by atoms with Gasteiger partial charge in [-0.05, 0) is 12.1 Å². The van der Waals surface area contributed by atoms with Crippen LogP contribution >= 0.6 is 35.6 Å². The number of guanidine groups is 1. The van der Waals surface area contributed by atoms with Crippen molar-refractivity contribution in [1.82, 2.24) is 20.0 Å². The molecule has 1 aromatic carbocycles. The second-order valence-electron chi connectivity index (χ2n) is 6.47. The number of nitrogens with one attached hydrogen (secondary N) is 1. The highest BCUT2D eigenvalue weighted by molar-refractivity contribution is 14.0. The molecule has 3 aliphatic heterocycles. The van der Waals surface area contributed by atoms with E-state index in [2.05, 4.69) is 20.1 Å². The van der Waals surface area contributed by atoms with E-state index in [4.69, 9.17) is 11.6 Å². The lowest BCUT2D eigenvalue weighted by Gasteiger charge is -2.47. The Bertz CT molecular complexity index is 586. The maximum absolute atomic E-state index is 14.0. The Balaban J connectivity index is 0.00000225. The monoisotopic (exact) mass is 481 g/mol. The van der Waals surface area contributed by atoms with Gasteiger partial charge in [-0.15, -0.1) is 24.0 Å². The van der Waals surface area contributed by atoms with Gasteiger partial charge < -0.3 is 10.2 Å². The number of hydrogen-bond donors (Lipinski definition) is 1. The van der Waals surface area contributed by atoms with Crippen molar-refractivity contribution in [2.45, 2.75) is 12.6 Å². The molecule has 1 aromatic rings. The maximum Gasteiger partial charge on any atom is 0.193 e. The highest BCUT2D eigenvalue weighted by atomic mass is 127. The molecule has 3 heterocycles. The predicted molar refractivity (Wildman–Crippen MR) is 111 cm³/mol. The van der Waals surface area contributed by atoms with Crippen molar-refractivity contribution in [2.24, 2.45) is 4.99 Å². The summed E-state index contributed by atoms with van der Waals surface area (Å²) < 4.78 is 14.0. The molecule has 1 unspecified atom stereocenters. The highest BCUT2D eigenvalue weighted by Crippen LogP contribution is 2.20. The summed E-state index contributed by atoms with van der Waals surface area (Å²) in [6.07, 6.45) is 0. The zero-order valence-electron chi connectivity index (χ0n) is 14.7. The van der Waals surface area contributed by atoms with E-state index < -0.39 is 0 Å². The largest absolute Gasteiger partial charge is 0.355 e. The van der Waals surface area contributed by atoms with E-state index in [1.165, 1.54) is 19.2 Å². The summed E-state index contributed by atoms with van der Waals surface area (Å²) in [7, 11) is 3.65. The van der Waals surface area contributed by atoms with Gasteiger partial charge in [-0.3, -0.25) is 14.8 Å². The number of fused-ring (bicyclic) bond motifs is 3. The van der Waals surface area contributed by atoms with Crippen molar-refractivity contribution in [2.75, 3.05) is 53.4 Å². The molecule has 0 aromatic heterocycles. The lowest BCUT2D eigenvalue weighted by molar-refractivity contribution is 0.0152. The van der Waals surface area contributed by atoms with Crippen molar-refractivity contribution in [3.05, 3.63) is 34.6 Å². The summed E-state index contributed by atoms with van der Waals surface area (Å²) in [4.78, 5) is 11.3. The third-order valence-corrected chi connectivity index (χ3v) is 5.27. The number of halogens is 3. The normalized spacial score (nSPS) is 25.4. The standard InChI is InChI=1S/C17H25ClFN5.HI/c1-20-17(21-10-13-11-23-6-8-24(13)9-7-23)22(2)12-14-15(18)4-3-5-16(14)19;/h3-5,13H,6-12H2,1-2H3,(H,20,21);1H. The molecule has 3 aliphatic rings. The predicted octanol–water partition coefficient (Wildman–Crippen LogP) is 2.10. The van der Waals surface area contributed by atoms with Crippen LogP contribution in [0.4, 0.5) is 4.39 Å². The van der Waals surface area contributed by atoms with Crippen molar-refractivity contribution in [3.8, 4) is 0 Å². The van der Waals surface area contributed by atoms with Gasteiger partial charge in [0.25, 0.3) is 0 Å². The van der Waals surface area contributed by atoms with Crippen molar-refractivity contribution < 1.29 is 4.39 Å². The molecule has 5 nitrogen and oxygen atoms in total. The minimum Gasteiger partial charge on any atom is -0.355 e. The fourth-order valence-electron chi connectivity index (χ4n) is 3.51. The summed E-state index contributed by atoms with van der Waals surface area (Å²) in [5.41, 5.74) is 0.496. The molecule has 25 heavy (non-hydrogen) atoms. The molecule has 3 saturated heterocycles. The van der Waals surface area contributed by atoms with Gasteiger partial charge in [0.05, 0.1) is 0 Å². The molecular formula is C17H26ClFIN5. The Kier molecular flexibility index (Phi) is 7.72. The van der Waals surface area contributed by atoms with E-state index in [1.807, 2.05) is 11.9 Å². The molecule has 1 N–H and O–H groups in total. The number of aliphatic imine (C=N–C) groups is 1. The van der Waals surface area contributed by atoms with E-state index >= 15 is 0 Å². The summed E-state index contributed by atoms with van der Waals surface area (Å²) in [5, 5.41) is 3.87. The topological polar surface area (TPSA) is 34.1 Å². The van der Waals surface area contributed by atoms with Gasteiger partial charge in [-0.1, -0.05) is 17.7 Å². The molecule has 1 atom stereocenters. The van der Waals surface area contributed by atoms with Crippen LogP contribution in [0.3, 0.4) is 0 Å². The van der Waals surface area contributed by atoms with Crippen molar-refractivity contribution in [1.29, 1.82) is 0 Å². The van der Waals surface area contributed by atoms with Crippen molar-refractivity contribution >= 4 is 41.5 Å². The number of rotatable bonds is 4. The summed E-state index contributed by atoms with van der Waals surface area (Å²) >= 11 is 6.12.